The molecule has 0 radical (unpaired) electrons. The van der Waals surface area contributed by atoms with E-state index in [-0.39, 0.29) is 5.71 Å². The van der Waals surface area contributed by atoms with Gasteiger partial charge in [-0.05, 0) is 42.7 Å². The summed E-state index contributed by atoms with van der Waals surface area (Å²) in [5.41, 5.74) is 2.70. The Morgan fingerprint density at radius 2 is 1.87 bits per heavy atom. The first-order valence-corrected chi connectivity index (χ1v) is 10.6. The number of methoxy groups -OCH3 is 2. The van der Waals surface area contributed by atoms with E-state index in [1.807, 2.05) is 30.3 Å². The van der Waals surface area contributed by atoms with Gasteiger partial charge in [0.2, 0.25) is 0 Å². The van der Waals surface area contributed by atoms with Crippen LogP contribution in [0.3, 0.4) is 0 Å². The Morgan fingerprint density at radius 1 is 1.13 bits per heavy atom. The Bertz CT molecular complexity index is 919. The van der Waals surface area contributed by atoms with E-state index in [0.29, 0.717) is 24.0 Å². The molecule has 0 atom stereocenters. The number of ether oxygens (including phenoxy) is 2. The summed E-state index contributed by atoms with van der Waals surface area (Å²) in [6, 6.07) is 10.0. The van der Waals surface area contributed by atoms with Crippen molar-refractivity contribution < 1.29 is 14.3 Å². The van der Waals surface area contributed by atoms with Gasteiger partial charge in [0, 0.05) is 30.5 Å². The van der Waals surface area contributed by atoms with Crippen LogP contribution in [-0.4, -0.2) is 36.9 Å². The van der Waals surface area contributed by atoms with E-state index >= 15 is 0 Å². The van der Waals surface area contributed by atoms with Crippen LogP contribution in [-0.2, 0) is 16.1 Å². The Hall–Kier alpha value is -3.35. The maximum Gasteiger partial charge on any atom is 0.330 e. The summed E-state index contributed by atoms with van der Waals surface area (Å²) >= 11 is 0. The van der Waals surface area contributed by atoms with Crippen LogP contribution < -0.4 is 15.4 Å². The summed E-state index contributed by atoms with van der Waals surface area (Å²) in [4.78, 5) is 16.1. The van der Waals surface area contributed by atoms with Gasteiger partial charge in [0.1, 0.15) is 11.6 Å². The van der Waals surface area contributed by atoms with Crippen LogP contribution in [0.5, 0.6) is 5.75 Å². The minimum atomic E-state index is -0.497. The van der Waals surface area contributed by atoms with Crippen molar-refractivity contribution in [3.8, 4) is 5.75 Å². The molecular formula is C24H30N4O3. The number of carbonyl (C=O) groups excluding carboxylic acids is 1. The number of nitrogens with one attached hydrogen (secondary N) is 3. The number of carbonyl (C=O) groups is 1. The molecule has 3 N–H and O–H groups in total. The first-order valence-electron chi connectivity index (χ1n) is 10.6. The lowest BCUT2D eigenvalue weighted by atomic mass is 9.95. The van der Waals surface area contributed by atoms with E-state index in [9.17, 15) is 4.79 Å². The fourth-order valence-electron chi connectivity index (χ4n) is 3.67. The monoisotopic (exact) mass is 422 g/mol. The highest BCUT2D eigenvalue weighted by atomic mass is 16.5. The maximum absolute atomic E-state index is 11.5. The van der Waals surface area contributed by atoms with Gasteiger partial charge in [-0.25, -0.2) is 9.78 Å². The average Bonchev–Trinajstić information content (AvgIpc) is 2.82. The molecule has 0 spiro atoms. The lowest BCUT2D eigenvalue weighted by molar-refractivity contribution is -0.134. The molecule has 0 amide bonds. The molecule has 2 aromatic rings. The third-order valence-electron chi connectivity index (χ3n) is 5.40. The van der Waals surface area contributed by atoms with Gasteiger partial charge in [0.15, 0.2) is 0 Å². The minimum Gasteiger partial charge on any atom is -0.497 e. The second-order valence-electron chi connectivity index (χ2n) is 7.53. The highest BCUT2D eigenvalue weighted by Crippen LogP contribution is 2.28. The normalized spacial score (nSPS) is 14.3. The number of anilines is 2. The van der Waals surface area contributed by atoms with Crippen LogP contribution in [0.25, 0.3) is 0 Å². The summed E-state index contributed by atoms with van der Waals surface area (Å²) in [5.74, 6) is 0.969. The van der Waals surface area contributed by atoms with Gasteiger partial charge >= 0.3 is 5.97 Å². The van der Waals surface area contributed by atoms with Crippen LogP contribution in [0, 0.1) is 5.41 Å². The predicted molar refractivity (Wildman–Crippen MR) is 123 cm³/mol. The maximum atomic E-state index is 11.5. The number of pyridine rings is 1. The van der Waals surface area contributed by atoms with Crippen molar-refractivity contribution in [3.05, 3.63) is 59.8 Å². The SMILES string of the molecule is COC(=O)/C=C/C(=N)c1c(NCc2ccc(OC)cc2)ccnc1NC1CCCCC1. The molecule has 7 heteroatoms. The minimum absolute atomic E-state index is 0.189. The molecule has 0 unspecified atom stereocenters. The zero-order valence-corrected chi connectivity index (χ0v) is 18.1. The Labute approximate surface area is 183 Å². The van der Waals surface area contributed by atoms with Crippen molar-refractivity contribution in [3.63, 3.8) is 0 Å². The van der Waals surface area contributed by atoms with Crippen molar-refractivity contribution in [2.45, 2.75) is 44.7 Å². The van der Waals surface area contributed by atoms with Crippen molar-refractivity contribution >= 4 is 23.2 Å². The van der Waals surface area contributed by atoms with E-state index in [0.717, 1.165) is 29.8 Å². The van der Waals surface area contributed by atoms with Crippen molar-refractivity contribution in [1.29, 1.82) is 5.41 Å². The molecule has 7 nitrogen and oxygen atoms in total. The van der Waals surface area contributed by atoms with Crippen LogP contribution in [0.2, 0.25) is 0 Å². The van der Waals surface area contributed by atoms with Crippen LogP contribution in [0.15, 0.2) is 48.7 Å². The first-order chi connectivity index (χ1) is 15.1. The van der Waals surface area contributed by atoms with Crippen molar-refractivity contribution in [2.75, 3.05) is 24.9 Å². The number of esters is 1. The number of hydrogen-bond donors (Lipinski definition) is 3. The van der Waals surface area contributed by atoms with Crippen LogP contribution in [0.4, 0.5) is 11.5 Å². The molecule has 3 rings (SSSR count). The van der Waals surface area contributed by atoms with Gasteiger partial charge in [-0.15, -0.1) is 0 Å². The smallest absolute Gasteiger partial charge is 0.330 e. The molecule has 1 saturated carbocycles. The van der Waals surface area contributed by atoms with Crippen molar-refractivity contribution in [2.24, 2.45) is 0 Å². The molecule has 0 bridgehead atoms. The average molecular weight is 423 g/mol. The van der Waals surface area contributed by atoms with E-state index in [1.54, 1.807) is 13.3 Å². The molecule has 1 aliphatic rings. The lowest BCUT2D eigenvalue weighted by Gasteiger charge is -2.25. The second kappa shape index (κ2) is 11.2. The molecule has 31 heavy (non-hydrogen) atoms. The number of allylic oxidation sites excluding steroid dienone is 1. The molecular weight excluding hydrogens is 392 g/mol. The molecule has 1 heterocycles. The molecule has 1 aromatic heterocycles. The topological polar surface area (TPSA) is 96.3 Å². The van der Waals surface area contributed by atoms with E-state index in [1.165, 1.54) is 38.5 Å². The standard InChI is InChI=1S/C24H30N4O3/c1-30-19-10-8-17(9-11-19)16-27-21-14-15-26-24(28-18-6-4-3-5-7-18)23(21)20(25)12-13-22(29)31-2/h8-15,18,25H,3-7,16H2,1-2H3,(H2,26,27,28)/b13-12+,25-20?. The molecule has 1 aliphatic carbocycles. The molecule has 164 valence electrons. The molecule has 0 saturated heterocycles. The van der Waals surface area contributed by atoms with Crippen LogP contribution in [0.1, 0.15) is 43.2 Å². The van der Waals surface area contributed by atoms with E-state index < -0.39 is 5.97 Å². The molecule has 0 aliphatic heterocycles. The fraction of sp³-hybridized carbons (Fsp3) is 0.375. The quantitative estimate of drug-likeness (QED) is 0.312. The summed E-state index contributed by atoms with van der Waals surface area (Å²) in [6.07, 6.45) is 10.3. The third-order valence-corrected chi connectivity index (χ3v) is 5.40. The van der Waals surface area contributed by atoms with E-state index in [2.05, 4.69) is 20.4 Å². The summed E-state index contributed by atoms with van der Waals surface area (Å²) in [6.45, 7) is 0.581. The zero-order valence-electron chi connectivity index (χ0n) is 18.1. The summed E-state index contributed by atoms with van der Waals surface area (Å²) in [5, 5.41) is 15.5. The third kappa shape index (κ3) is 6.31. The number of aromatic nitrogens is 1. The Kier molecular flexibility index (Phi) is 8.04. The lowest BCUT2D eigenvalue weighted by Crippen LogP contribution is -2.24. The van der Waals surface area contributed by atoms with E-state index in [4.69, 9.17) is 10.1 Å². The highest BCUT2D eigenvalue weighted by Gasteiger charge is 2.19. The fourth-order valence-corrected chi connectivity index (χ4v) is 3.67. The summed E-state index contributed by atoms with van der Waals surface area (Å²) < 4.78 is 9.88. The van der Waals surface area contributed by atoms with Gasteiger partial charge < -0.3 is 25.5 Å². The number of hydrogen-bond acceptors (Lipinski definition) is 7. The Balaban J connectivity index is 1.84. The highest BCUT2D eigenvalue weighted by molar-refractivity contribution is 6.14. The first kappa shape index (κ1) is 22.3. The number of nitrogens with zero attached hydrogens (tertiary/aromatic N) is 1. The largest absolute Gasteiger partial charge is 0.497 e. The predicted octanol–water partition coefficient (Wildman–Crippen LogP) is 4.54. The molecule has 1 aromatic carbocycles. The van der Waals surface area contributed by atoms with Gasteiger partial charge in [-0.2, -0.15) is 0 Å². The Morgan fingerprint density at radius 3 is 2.55 bits per heavy atom. The van der Waals surface area contributed by atoms with Gasteiger partial charge in [-0.1, -0.05) is 31.4 Å². The zero-order chi connectivity index (χ0) is 22.1. The molecule has 1 fully saturated rings. The summed E-state index contributed by atoms with van der Waals surface area (Å²) in [7, 11) is 2.96. The number of rotatable bonds is 9. The number of benzene rings is 1. The van der Waals surface area contributed by atoms with Gasteiger partial charge in [0.05, 0.1) is 25.5 Å². The second-order valence-corrected chi connectivity index (χ2v) is 7.53. The van der Waals surface area contributed by atoms with Crippen LogP contribution >= 0.6 is 0 Å². The van der Waals surface area contributed by atoms with Gasteiger partial charge in [0.25, 0.3) is 0 Å². The van der Waals surface area contributed by atoms with Crippen molar-refractivity contribution in [1.82, 2.24) is 4.98 Å². The van der Waals surface area contributed by atoms with Gasteiger partial charge in [-0.3, -0.25) is 0 Å².